The van der Waals surface area contributed by atoms with Crippen molar-refractivity contribution >= 4 is 22.7 Å². The van der Waals surface area contributed by atoms with Crippen LogP contribution in [-0.4, -0.2) is 80.2 Å². The van der Waals surface area contributed by atoms with Crippen molar-refractivity contribution in [1.82, 2.24) is 9.80 Å². The fraction of sp³-hybridized carbons (Fsp3) is 0.333. The molecule has 1 atom stereocenters. The van der Waals surface area contributed by atoms with Crippen molar-refractivity contribution in [2.45, 2.75) is 6.04 Å². The average Bonchev–Trinajstić information content (AvgIpc) is 3.46. The first kappa shape index (κ1) is 23.9. The lowest BCUT2D eigenvalue weighted by Crippen LogP contribution is -2.43. The van der Waals surface area contributed by atoms with Crippen LogP contribution in [0.5, 0.6) is 11.5 Å². The van der Waals surface area contributed by atoms with Crippen molar-refractivity contribution in [1.29, 1.82) is 0 Å². The van der Waals surface area contributed by atoms with E-state index >= 15 is 0 Å². The van der Waals surface area contributed by atoms with E-state index in [1.165, 1.54) is 19.1 Å². The predicted octanol–water partition coefficient (Wildman–Crippen LogP) is 3.36. The second-order valence-corrected chi connectivity index (χ2v) is 8.68. The summed E-state index contributed by atoms with van der Waals surface area (Å²) in [5, 5.41) is 11.8. The number of hydrogen-bond donors (Lipinski definition) is 1. The van der Waals surface area contributed by atoms with Gasteiger partial charge in [-0.3, -0.25) is 14.5 Å². The number of hydrogen-bond acceptors (Lipinski definition) is 8. The molecule has 1 fully saturated rings. The van der Waals surface area contributed by atoms with Gasteiger partial charge >= 0.3 is 0 Å². The minimum atomic E-state index is -0.885. The molecule has 9 heteroatoms. The van der Waals surface area contributed by atoms with Crippen molar-refractivity contribution < 1.29 is 33.3 Å². The molecular weight excluding hydrogens is 464 g/mol. The number of aliphatic hydroxyl groups excluding tert-OH is 1. The number of carbonyl (C=O) groups excluding carboxylic acids is 2. The quantitative estimate of drug-likeness (QED) is 0.478. The number of ether oxygens (including phenoxy) is 3. The summed E-state index contributed by atoms with van der Waals surface area (Å²) < 4.78 is 22.3. The zero-order valence-corrected chi connectivity index (χ0v) is 20.2. The molecule has 1 amide bonds. The Balaban J connectivity index is 1.57. The van der Waals surface area contributed by atoms with Crippen molar-refractivity contribution in [3.8, 4) is 11.5 Å². The van der Waals surface area contributed by atoms with E-state index in [0.717, 1.165) is 18.5 Å². The van der Waals surface area contributed by atoms with Gasteiger partial charge in [0, 0.05) is 37.1 Å². The average molecular weight is 493 g/mol. The van der Waals surface area contributed by atoms with Gasteiger partial charge < -0.3 is 28.6 Å². The molecule has 36 heavy (non-hydrogen) atoms. The van der Waals surface area contributed by atoms with Crippen molar-refractivity contribution in [3.63, 3.8) is 0 Å². The zero-order valence-electron chi connectivity index (χ0n) is 20.2. The highest BCUT2D eigenvalue weighted by Gasteiger charge is 2.46. The number of methoxy groups -OCH3 is 2. The summed E-state index contributed by atoms with van der Waals surface area (Å²) in [5.41, 5.74) is 1.04. The van der Waals surface area contributed by atoms with Gasteiger partial charge in [-0.25, -0.2) is 0 Å². The first-order chi connectivity index (χ1) is 17.5. The van der Waals surface area contributed by atoms with Crippen LogP contribution in [0.2, 0.25) is 0 Å². The van der Waals surface area contributed by atoms with E-state index < -0.39 is 23.5 Å². The molecule has 1 N–H and O–H groups in total. The van der Waals surface area contributed by atoms with Crippen molar-refractivity contribution in [2.75, 3.05) is 53.6 Å². The number of morpholine rings is 1. The normalized spacial score (nSPS) is 18.8. The Kier molecular flexibility index (Phi) is 6.67. The molecule has 9 nitrogen and oxygen atoms in total. The third-order valence-corrected chi connectivity index (χ3v) is 6.69. The van der Waals surface area contributed by atoms with Gasteiger partial charge in [-0.2, -0.15) is 0 Å². The fourth-order valence-corrected chi connectivity index (χ4v) is 4.87. The Bertz CT molecular complexity index is 1290. The summed E-state index contributed by atoms with van der Waals surface area (Å²) in [5.74, 6) is -0.862. The molecule has 3 heterocycles. The van der Waals surface area contributed by atoms with Crippen LogP contribution in [0.4, 0.5) is 0 Å². The first-order valence-electron chi connectivity index (χ1n) is 11.8. The topological polar surface area (TPSA) is 102 Å². The van der Waals surface area contributed by atoms with Crippen LogP contribution in [0.15, 0.2) is 64.3 Å². The van der Waals surface area contributed by atoms with Crippen LogP contribution < -0.4 is 9.47 Å². The predicted molar refractivity (Wildman–Crippen MR) is 131 cm³/mol. The van der Waals surface area contributed by atoms with Crippen molar-refractivity contribution in [3.05, 3.63) is 71.2 Å². The Morgan fingerprint density at radius 3 is 2.56 bits per heavy atom. The number of nitrogens with zero attached hydrogens (tertiary/aromatic N) is 2. The molecule has 2 aliphatic rings. The van der Waals surface area contributed by atoms with Gasteiger partial charge in [-0.1, -0.05) is 30.3 Å². The Hall–Kier alpha value is -3.82. The number of amides is 1. The fourth-order valence-electron chi connectivity index (χ4n) is 4.87. The number of aliphatic hydroxyl groups is 1. The minimum absolute atomic E-state index is 0.0485. The van der Waals surface area contributed by atoms with Crippen LogP contribution in [0.25, 0.3) is 11.0 Å². The lowest BCUT2D eigenvalue weighted by Gasteiger charge is -2.32. The summed E-state index contributed by atoms with van der Waals surface area (Å²) in [6.07, 6.45) is 0. The van der Waals surface area contributed by atoms with Gasteiger partial charge in [0.15, 0.2) is 23.0 Å². The Morgan fingerprint density at radius 2 is 1.83 bits per heavy atom. The number of para-hydroxylation sites is 2. The molecule has 3 aromatic rings. The van der Waals surface area contributed by atoms with Crippen LogP contribution in [0, 0.1) is 0 Å². The standard InChI is InChI=1S/C27H28N2O7/c1-33-20-9-5-7-18(26(20)34-2)23-22(24(30)21-16-17-6-3-4-8-19(17)36-21)25(31)27(32)29(23)11-10-28-12-14-35-15-13-28/h3-9,16,23,31H,10-15H2,1-2H3/t23-/m0/s1. The molecule has 5 rings (SSSR count). The van der Waals surface area contributed by atoms with Crippen molar-refractivity contribution in [2.24, 2.45) is 0 Å². The van der Waals surface area contributed by atoms with E-state index in [2.05, 4.69) is 4.90 Å². The molecule has 1 aromatic heterocycles. The van der Waals surface area contributed by atoms with Crippen LogP contribution >= 0.6 is 0 Å². The van der Waals surface area contributed by atoms with E-state index in [4.69, 9.17) is 18.6 Å². The summed E-state index contributed by atoms with van der Waals surface area (Å²) >= 11 is 0. The van der Waals surface area contributed by atoms with Gasteiger partial charge in [0.25, 0.3) is 5.91 Å². The molecule has 188 valence electrons. The smallest absolute Gasteiger partial charge is 0.290 e. The maximum absolute atomic E-state index is 13.8. The molecule has 0 bridgehead atoms. The minimum Gasteiger partial charge on any atom is -0.503 e. The summed E-state index contributed by atoms with van der Waals surface area (Å²) in [6, 6.07) is 13.3. The summed E-state index contributed by atoms with van der Waals surface area (Å²) in [4.78, 5) is 30.8. The molecule has 1 saturated heterocycles. The third kappa shape index (κ3) is 4.20. The molecule has 2 aliphatic heterocycles. The first-order valence-corrected chi connectivity index (χ1v) is 11.8. The summed E-state index contributed by atoms with van der Waals surface area (Å²) in [6.45, 7) is 3.61. The SMILES string of the molecule is COc1cccc([C@H]2C(C(=O)c3cc4ccccc4o3)=C(O)C(=O)N2CCN2CCOCC2)c1OC. The molecule has 0 unspecified atom stereocenters. The lowest BCUT2D eigenvalue weighted by molar-refractivity contribution is -0.129. The third-order valence-electron chi connectivity index (χ3n) is 6.69. The maximum Gasteiger partial charge on any atom is 0.290 e. The second kappa shape index (κ2) is 10.0. The molecule has 0 spiro atoms. The molecular formula is C27H28N2O7. The molecule has 0 aliphatic carbocycles. The number of rotatable bonds is 8. The lowest BCUT2D eigenvalue weighted by atomic mass is 9.94. The maximum atomic E-state index is 13.8. The Morgan fingerprint density at radius 1 is 1.06 bits per heavy atom. The van der Waals surface area contributed by atoms with Gasteiger partial charge in [-0.05, 0) is 18.2 Å². The number of ketones is 1. The molecule has 0 radical (unpaired) electrons. The highest BCUT2D eigenvalue weighted by atomic mass is 16.5. The zero-order chi connectivity index (χ0) is 25.2. The number of Topliss-reactive ketones (excluding diaryl/α,β-unsaturated/α-hetero) is 1. The van der Waals surface area contributed by atoms with Gasteiger partial charge in [0.2, 0.25) is 5.78 Å². The van der Waals surface area contributed by atoms with Gasteiger partial charge in [-0.15, -0.1) is 0 Å². The summed E-state index contributed by atoms with van der Waals surface area (Å²) in [7, 11) is 3.02. The number of benzene rings is 2. The van der Waals surface area contributed by atoms with E-state index in [9.17, 15) is 14.7 Å². The van der Waals surface area contributed by atoms with E-state index in [1.807, 2.05) is 18.2 Å². The van der Waals surface area contributed by atoms with E-state index in [1.54, 1.807) is 30.3 Å². The number of furan rings is 1. The Labute approximate surface area is 208 Å². The largest absolute Gasteiger partial charge is 0.503 e. The van der Waals surface area contributed by atoms with Gasteiger partial charge in [0.05, 0.1) is 39.0 Å². The van der Waals surface area contributed by atoms with E-state index in [-0.39, 0.29) is 11.3 Å². The van der Waals surface area contributed by atoms with Gasteiger partial charge in [0.1, 0.15) is 5.58 Å². The van der Waals surface area contributed by atoms with Crippen LogP contribution in [-0.2, 0) is 9.53 Å². The highest BCUT2D eigenvalue weighted by Crippen LogP contribution is 2.45. The molecule has 2 aromatic carbocycles. The number of fused-ring (bicyclic) bond motifs is 1. The van der Waals surface area contributed by atoms with Crippen LogP contribution in [0.1, 0.15) is 22.2 Å². The monoisotopic (exact) mass is 492 g/mol. The second-order valence-electron chi connectivity index (χ2n) is 8.68. The van der Waals surface area contributed by atoms with E-state index in [0.29, 0.717) is 48.9 Å². The highest BCUT2D eigenvalue weighted by molar-refractivity contribution is 6.16. The molecule has 0 saturated carbocycles. The van der Waals surface area contributed by atoms with Crippen LogP contribution in [0.3, 0.4) is 0 Å². The number of carbonyl (C=O) groups is 2.